The highest BCUT2D eigenvalue weighted by Crippen LogP contribution is 2.07. The molecule has 1 N–H and O–H groups in total. The standard InChI is InChI=1S/C14H22N2O2/c1-4-16(3)14(17)12(2)15-10-11-18-13-8-6-5-7-9-13/h5-9,12,15H,4,10-11H2,1-3H3. The van der Waals surface area contributed by atoms with Gasteiger partial charge in [-0.05, 0) is 26.0 Å². The topological polar surface area (TPSA) is 41.6 Å². The van der Waals surface area contributed by atoms with E-state index >= 15 is 0 Å². The lowest BCUT2D eigenvalue weighted by Crippen LogP contribution is -2.44. The average molecular weight is 250 g/mol. The number of benzene rings is 1. The number of hydrogen-bond acceptors (Lipinski definition) is 3. The molecular formula is C14H22N2O2. The van der Waals surface area contributed by atoms with Crippen LogP contribution in [0.2, 0.25) is 0 Å². The zero-order valence-corrected chi connectivity index (χ0v) is 11.3. The van der Waals surface area contributed by atoms with Crippen molar-refractivity contribution in [2.75, 3.05) is 26.7 Å². The third-order valence-corrected chi connectivity index (χ3v) is 2.79. The number of nitrogens with one attached hydrogen (secondary N) is 1. The van der Waals surface area contributed by atoms with Crippen molar-refractivity contribution in [3.8, 4) is 5.75 Å². The van der Waals surface area contributed by atoms with Crippen LogP contribution in [0.3, 0.4) is 0 Å². The zero-order chi connectivity index (χ0) is 13.4. The Kier molecular flexibility index (Phi) is 6.22. The van der Waals surface area contributed by atoms with Crippen LogP contribution in [0.25, 0.3) is 0 Å². The van der Waals surface area contributed by atoms with Gasteiger partial charge in [-0.15, -0.1) is 0 Å². The van der Waals surface area contributed by atoms with Gasteiger partial charge in [0.1, 0.15) is 12.4 Å². The molecule has 4 heteroatoms. The highest BCUT2D eigenvalue weighted by Gasteiger charge is 2.14. The predicted molar refractivity (Wildman–Crippen MR) is 72.7 cm³/mol. The van der Waals surface area contributed by atoms with Gasteiger partial charge < -0.3 is 15.0 Å². The lowest BCUT2D eigenvalue weighted by molar-refractivity contribution is -0.131. The Bertz CT molecular complexity index is 354. The number of carbonyl (C=O) groups is 1. The molecule has 0 heterocycles. The molecule has 4 nitrogen and oxygen atoms in total. The maximum atomic E-state index is 11.8. The number of hydrogen-bond donors (Lipinski definition) is 1. The van der Waals surface area contributed by atoms with Crippen molar-refractivity contribution in [3.63, 3.8) is 0 Å². The summed E-state index contributed by atoms with van der Waals surface area (Å²) in [6.45, 7) is 5.77. The molecule has 0 spiro atoms. The van der Waals surface area contributed by atoms with E-state index in [4.69, 9.17) is 4.74 Å². The number of ether oxygens (including phenoxy) is 1. The molecule has 0 saturated heterocycles. The Balaban J connectivity index is 2.20. The normalized spacial score (nSPS) is 11.9. The van der Waals surface area contributed by atoms with Crippen LogP contribution in [0.15, 0.2) is 30.3 Å². The SMILES string of the molecule is CCN(C)C(=O)C(C)NCCOc1ccccc1. The second-order valence-corrected chi connectivity index (χ2v) is 4.19. The maximum absolute atomic E-state index is 11.8. The van der Waals surface area contributed by atoms with Gasteiger partial charge >= 0.3 is 0 Å². The first-order valence-corrected chi connectivity index (χ1v) is 6.31. The maximum Gasteiger partial charge on any atom is 0.239 e. The van der Waals surface area contributed by atoms with E-state index in [0.29, 0.717) is 13.2 Å². The zero-order valence-electron chi connectivity index (χ0n) is 11.3. The molecular weight excluding hydrogens is 228 g/mol. The minimum Gasteiger partial charge on any atom is -0.492 e. The number of carbonyl (C=O) groups excluding carboxylic acids is 1. The van der Waals surface area contributed by atoms with Gasteiger partial charge in [-0.1, -0.05) is 18.2 Å². The second kappa shape index (κ2) is 7.71. The fraction of sp³-hybridized carbons (Fsp3) is 0.500. The molecule has 0 fully saturated rings. The Morgan fingerprint density at radius 3 is 2.67 bits per heavy atom. The molecule has 1 aromatic rings. The summed E-state index contributed by atoms with van der Waals surface area (Å²) in [7, 11) is 1.81. The van der Waals surface area contributed by atoms with Crippen molar-refractivity contribution in [1.29, 1.82) is 0 Å². The van der Waals surface area contributed by atoms with Gasteiger partial charge in [0.25, 0.3) is 0 Å². The Morgan fingerprint density at radius 1 is 1.39 bits per heavy atom. The second-order valence-electron chi connectivity index (χ2n) is 4.19. The van der Waals surface area contributed by atoms with Gasteiger partial charge in [0.2, 0.25) is 5.91 Å². The van der Waals surface area contributed by atoms with Crippen LogP contribution >= 0.6 is 0 Å². The molecule has 0 saturated carbocycles. The van der Waals surface area contributed by atoms with Crippen molar-refractivity contribution in [2.45, 2.75) is 19.9 Å². The average Bonchev–Trinajstić information content (AvgIpc) is 2.42. The summed E-state index contributed by atoms with van der Waals surface area (Å²) in [5, 5.41) is 3.15. The molecule has 0 aliphatic heterocycles. The first-order valence-electron chi connectivity index (χ1n) is 6.31. The Hall–Kier alpha value is -1.55. The van der Waals surface area contributed by atoms with E-state index in [9.17, 15) is 4.79 Å². The summed E-state index contributed by atoms with van der Waals surface area (Å²) in [6, 6.07) is 9.48. The molecule has 18 heavy (non-hydrogen) atoms. The largest absolute Gasteiger partial charge is 0.492 e. The molecule has 0 aliphatic rings. The van der Waals surface area contributed by atoms with Crippen LogP contribution in [0.4, 0.5) is 0 Å². The number of nitrogens with zero attached hydrogens (tertiary/aromatic N) is 1. The van der Waals surface area contributed by atoms with Crippen LogP contribution in [0.5, 0.6) is 5.75 Å². The van der Waals surface area contributed by atoms with Crippen LogP contribution in [0, 0.1) is 0 Å². The van der Waals surface area contributed by atoms with E-state index in [-0.39, 0.29) is 11.9 Å². The molecule has 0 aliphatic carbocycles. The summed E-state index contributed by atoms with van der Waals surface area (Å²) in [5.41, 5.74) is 0. The van der Waals surface area contributed by atoms with Gasteiger partial charge in [0.15, 0.2) is 0 Å². The molecule has 0 radical (unpaired) electrons. The summed E-state index contributed by atoms with van der Waals surface area (Å²) < 4.78 is 5.54. The summed E-state index contributed by atoms with van der Waals surface area (Å²) >= 11 is 0. The highest BCUT2D eigenvalue weighted by atomic mass is 16.5. The van der Waals surface area contributed by atoms with Crippen molar-refractivity contribution >= 4 is 5.91 Å². The Labute approximate surface area is 109 Å². The van der Waals surface area contributed by atoms with Crippen molar-refractivity contribution in [1.82, 2.24) is 10.2 Å². The molecule has 1 atom stereocenters. The van der Waals surface area contributed by atoms with E-state index in [1.54, 1.807) is 11.9 Å². The van der Waals surface area contributed by atoms with Gasteiger partial charge in [0.05, 0.1) is 6.04 Å². The number of para-hydroxylation sites is 1. The summed E-state index contributed by atoms with van der Waals surface area (Å²) in [4.78, 5) is 13.5. The summed E-state index contributed by atoms with van der Waals surface area (Å²) in [5.74, 6) is 0.959. The number of rotatable bonds is 7. The van der Waals surface area contributed by atoms with Gasteiger partial charge in [-0.2, -0.15) is 0 Å². The van der Waals surface area contributed by atoms with E-state index in [0.717, 1.165) is 12.3 Å². The van der Waals surface area contributed by atoms with Crippen LogP contribution in [0.1, 0.15) is 13.8 Å². The van der Waals surface area contributed by atoms with Gasteiger partial charge in [-0.25, -0.2) is 0 Å². The third-order valence-electron chi connectivity index (χ3n) is 2.79. The minimum absolute atomic E-state index is 0.109. The van der Waals surface area contributed by atoms with Crippen molar-refractivity contribution in [3.05, 3.63) is 30.3 Å². The van der Waals surface area contributed by atoms with Crippen molar-refractivity contribution in [2.24, 2.45) is 0 Å². The first kappa shape index (κ1) is 14.5. The monoisotopic (exact) mass is 250 g/mol. The fourth-order valence-corrected chi connectivity index (χ4v) is 1.53. The lowest BCUT2D eigenvalue weighted by atomic mass is 10.3. The Morgan fingerprint density at radius 2 is 2.06 bits per heavy atom. The lowest BCUT2D eigenvalue weighted by Gasteiger charge is -2.20. The van der Waals surface area contributed by atoms with Crippen molar-refractivity contribution < 1.29 is 9.53 Å². The predicted octanol–water partition coefficient (Wildman–Crippen LogP) is 1.52. The molecule has 1 aromatic carbocycles. The molecule has 1 amide bonds. The molecule has 1 unspecified atom stereocenters. The van der Waals surface area contributed by atoms with Crippen LogP contribution in [-0.4, -0.2) is 43.6 Å². The number of amides is 1. The highest BCUT2D eigenvalue weighted by molar-refractivity contribution is 5.81. The van der Waals surface area contributed by atoms with E-state index in [2.05, 4.69) is 5.32 Å². The van der Waals surface area contributed by atoms with E-state index < -0.39 is 0 Å². The van der Waals surface area contributed by atoms with E-state index in [1.807, 2.05) is 44.2 Å². The van der Waals surface area contributed by atoms with E-state index in [1.165, 1.54) is 0 Å². The third kappa shape index (κ3) is 4.75. The van der Waals surface area contributed by atoms with Crippen LogP contribution in [-0.2, 0) is 4.79 Å². The number of likely N-dealkylation sites (N-methyl/N-ethyl adjacent to an activating group) is 1. The molecule has 1 rings (SSSR count). The molecule has 0 bridgehead atoms. The first-order chi connectivity index (χ1) is 8.65. The van der Waals surface area contributed by atoms with Crippen LogP contribution < -0.4 is 10.1 Å². The smallest absolute Gasteiger partial charge is 0.239 e. The molecule has 100 valence electrons. The fourth-order valence-electron chi connectivity index (χ4n) is 1.53. The quantitative estimate of drug-likeness (QED) is 0.746. The minimum atomic E-state index is -0.172. The van der Waals surface area contributed by atoms with Gasteiger partial charge in [0, 0.05) is 20.1 Å². The van der Waals surface area contributed by atoms with Gasteiger partial charge in [-0.3, -0.25) is 4.79 Å². The summed E-state index contributed by atoms with van der Waals surface area (Å²) in [6.07, 6.45) is 0. The molecule has 0 aromatic heterocycles.